The lowest BCUT2D eigenvalue weighted by Crippen LogP contribution is -2.53. The van der Waals surface area contributed by atoms with Gasteiger partial charge in [-0.2, -0.15) is 0 Å². The lowest BCUT2D eigenvalue weighted by molar-refractivity contribution is -0.193. The van der Waals surface area contributed by atoms with Gasteiger partial charge in [0, 0.05) is 13.0 Å². The Morgan fingerprint density at radius 3 is 2.41 bits per heavy atom. The van der Waals surface area contributed by atoms with Gasteiger partial charge in [-0.25, -0.2) is 4.79 Å². The largest absolute Gasteiger partial charge is 0.444 e. The molecule has 0 radical (unpaired) electrons. The average Bonchev–Trinajstić information content (AvgIpc) is 2.94. The fourth-order valence-corrected chi connectivity index (χ4v) is 5.14. The minimum absolute atomic E-state index is 0.177. The van der Waals surface area contributed by atoms with Crippen LogP contribution in [0.3, 0.4) is 0 Å². The molecular formula is C23H41NO5. The SMILES string of the molecule is CCC1(O)C[C@H](OC2CCCCO2)[C@H](CC2CCCCC2)N1C(=O)OC(C)(C)C. The van der Waals surface area contributed by atoms with Crippen molar-refractivity contribution >= 4 is 6.09 Å². The Kier molecular flexibility index (Phi) is 7.50. The van der Waals surface area contributed by atoms with E-state index < -0.39 is 17.4 Å². The molecule has 3 fully saturated rings. The van der Waals surface area contributed by atoms with Crippen LogP contribution in [0.2, 0.25) is 0 Å². The van der Waals surface area contributed by atoms with E-state index in [-0.39, 0.29) is 18.4 Å². The van der Waals surface area contributed by atoms with Crippen LogP contribution in [-0.4, -0.2) is 52.5 Å². The number of amides is 1. The minimum atomic E-state index is -1.24. The summed E-state index contributed by atoms with van der Waals surface area (Å²) in [5.41, 5.74) is -1.84. The second-order valence-electron chi connectivity index (χ2n) is 10.2. The Morgan fingerprint density at radius 1 is 1.14 bits per heavy atom. The Labute approximate surface area is 176 Å². The molecule has 168 valence electrons. The van der Waals surface area contributed by atoms with Crippen molar-refractivity contribution in [1.29, 1.82) is 0 Å². The van der Waals surface area contributed by atoms with E-state index in [0.29, 0.717) is 18.8 Å². The number of nitrogens with zero attached hydrogens (tertiary/aromatic N) is 1. The number of hydrogen-bond acceptors (Lipinski definition) is 5. The van der Waals surface area contributed by atoms with Crippen LogP contribution < -0.4 is 0 Å². The fourth-order valence-electron chi connectivity index (χ4n) is 5.14. The topological polar surface area (TPSA) is 68.2 Å². The summed E-state index contributed by atoms with van der Waals surface area (Å²) in [7, 11) is 0. The van der Waals surface area contributed by atoms with Crippen molar-refractivity contribution in [3.8, 4) is 0 Å². The molecule has 6 nitrogen and oxygen atoms in total. The van der Waals surface area contributed by atoms with Gasteiger partial charge in [0.15, 0.2) is 6.29 Å². The van der Waals surface area contributed by atoms with Crippen LogP contribution in [0.4, 0.5) is 4.79 Å². The molecule has 1 saturated carbocycles. The van der Waals surface area contributed by atoms with Gasteiger partial charge in [0.25, 0.3) is 0 Å². The molecule has 0 aromatic rings. The van der Waals surface area contributed by atoms with Crippen molar-refractivity contribution in [2.75, 3.05) is 6.61 Å². The lowest BCUT2D eigenvalue weighted by atomic mass is 9.84. The maximum Gasteiger partial charge on any atom is 0.412 e. The van der Waals surface area contributed by atoms with Gasteiger partial charge >= 0.3 is 6.09 Å². The number of hydrogen-bond donors (Lipinski definition) is 1. The number of likely N-dealkylation sites (tertiary alicyclic amines) is 1. The van der Waals surface area contributed by atoms with Crippen LogP contribution in [0.5, 0.6) is 0 Å². The predicted molar refractivity (Wildman–Crippen MR) is 111 cm³/mol. The lowest BCUT2D eigenvalue weighted by Gasteiger charge is -2.39. The van der Waals surface area contributed by atoms with Crippen LogP contribution in [0.1, 0.15) is 98.3 Å². The molecule has 1 N–H and O–H groups in total. The molecule has 0 aromatic heterocycles. The molecule has 2 saturated heterocycles. The highest BCUT2D eigenvalue weighted by atomic mass is 16.7. The van der Waals surface area contributed by atoms with E-state index >= 15 is 0 Å². The molecule has 0 bridgehead atoms. The standard InChI is InChI=1S/C23H41NO5/c1-5-23(26)16-19(28-20-13-9-10-14-27-20)18(15-17-11-7-6-8-12-17)24(23)21(25)29-22(2,3)4/h17-20,26H,5-16H2,1-4H3/t18-,19-,20?,23?/m0/s1. The first kappa shape index (κ1) is 22.8. The summed E-state index contributed by atoms with van der Waals surface area (Å²) < 4.78 is 17.9. The molecule has 29 heavy (non-hydrogen) atoms. The van der Waals surface area contributed by atoms with E-state index in [2.05, 4.69) is 0 Å². The number of carbonyl (C=O) groups excluding carboxylic acids is 1. The molecular weight excluding hydrogens is 370 g/mol. The summed E-state index contributed by atoms with van der Waals surface area (Å²) in [4.78, 5) is 14.8. The van der Waals surface area contributed by atoms with Gasteiger partial charge in [-0.1, -0.05) is 39.0 Å². The zero-order chi connectivity index (χ0) is 21.1. The third-order valence-corrected chi connectivity index (χ3v) is 6.66. The second-order valence-corrected chi connectivity index (χ2v) is 10.2. The van der Waals surface area contributed by atoms with Gasteiger partial charge < -0.3 is 19.3 Å². The monoisotopic (exact) mass is 411 g/mol. The highest BCUT2D eigenvalue weighted by Gasteiger charge is 2.54. The molecule has 0 aromatic carbocycles. The van der Waals surface area contributed by atoms with E-state index in [9.17, 15) is 9.90 Å². The smallest absolute Gasteiger partial charge is 0.412 e. The van der Waals surface area contributed by atoms with Crippen LogP contribution in [0.15, 0.2) is 0 Å². The third kappa shape index (κ3) is 5.86. The molecule has 2 aliphatic heterocycles. The third-order valence-electron chi connectivity index (χ3n) is 6.66. The normalized spacial score (nSPS) is 34.4. The summed E-state index contributed by atoms with van der Waals surface area (Å²) in [5.74, 6) is 0.566. The zero-order valence-corrected chi connectivity index (χ0v) is 18.8. The van der Waals surface area contributed by atoms with E-state index in [1.165, 1.54) is 32.1 Å². The van der Waals surface area contributed by atoms with Crippen LogP contribution >= 0.6 is 0 Å². The Balaban J connectivity index is 1.82. The van der Waals surface area contributed by atoms with Gasteiger partial charge in [-0.15, -0.1) is 0 Å². The summed E-state index contributed by atoms with van der Waals surface area (Å²) >= 11 is 0. The Morgan fingerprint density at radius 2 is 1.83 bits per heavy atom. The quantitative estimate of drug-likeness (QED) is 0.691. The van der Waals surface area contributed by atoms with E-state index in [4.69, 9.17) is 14.2 Å². The minimum Gasteiger partial charge on any atom is -0.444 e. The zero-order valence-electron chi connectivity index (χ0n) is 18.8. The van der Waals surface area contributed by atoms with Crippen molar-refractivity contribution < 1.29 is 24.1 Å². The van der Waals surface area contributed by atoms with Gasteiger partial charge in [-0.05, 0) is 58.8 Å². The van der Waals surface area contributed by atoms with Crippen molar-refractivity contribution in [3.05, 3.63) is 0 Å². The first-order valence-corrected chi connectivity index (χ1v) is 11.7. The second kappa shape index (κ2) is 9.52. The predicted octanol–water partition coefficient (Wildman–Crippen LogP) is 4.98. The molecule has 3 aliphatic rings. The van der Waals surface area contributed by atoms with E-state index in [1.54, 1.807) is 4.90 Å². The molecule has 2 heterocycles. The highest BCUT2D eigenvalue weighted by Crippen LogP contribution is 2.42. The van der Waals surface area contributed by atoms with Crippen LogP contribution in [0.25, 0.3) is 0 Å². The maximum atomic E-state index is 13.2. The van der Waals surface area contributed by atoms with Gasteiger partial charge in [0.1, 0.15) is 11.3 Å². The molecule has 2 unspecified atom stereocenters. The number of ether oxygens (including phenoxy) is 3. The number of rotatable bonds is 5. The number of carbonyl (C=O) groups is 1. The van der Waals surface area contributed by atoms with Crippen molar-refractivity contribution in [1.82, 2.24) is 4.90 Å². The Hall–Kier alpha value is -0.850. The molecule has 6 heteroatoms. The first-order valence-electron chi connectivity index (χ1n) is 11.7. The van der Waals surface area contributed by atoms with E-state index in [0.717, 1.165) is 32.3 Å². The summed E-state index contributed by atoms with van der Waals surface area (Å²) in [5, 5.41) is 11.4. The summed E-state index contributed by atoms with van der Waals surface area (Å²) in [6, 6.07) is -0.177. The fraction of sp³-hybridized carbons (Fsp3) is 0.957. The van der Waals surface area contributed by atoms with Crippen LogP contribution in [0, 0.1) is 5.92 Å². The molecule has 1 aliphatic carbocycles. The average molecular weight is 412 g/mol. The summed E-state index contributed by atoms with van der Waals surface area (Å²) in [6.07, 6.45) is 10.1. The van der Waals surface area contributed by atoms with E-state index in [1.807, 2.05) is 27.7 Å². The van der Waals surface area contributed by atoms with Crippen molar-refractivity contribution in [3.63, 3.8) is 0 Å². The van der Waals surface area contributed by atoms with Crippen molar-refractivity contribution in [2.45, 2.75) is 128 Å². The molecule has 4 atom stereocenters. The molecule has 3 rings (SSSR count). The maximum absolute atomic E-state index is 13.2. The molecule has 0 spiro atoms. The first-order chi connectivity index (χ1) is 13.7. The Bertz CT molecular complexity index is 536. The molecule has 1 amide bonds. The van der Waals surface area contributed by atoms with Crippen LogP contribution in [-0.2, 0) is 14.2 Å². The van der Waals surface area contributed by atoms with Crippen molar-refractivity contribution in [2.24, 2.45) is 5.92 Å². The highest BCUT2D eigenvalue weighted by molar-refractivity contribution is 5.70. The van der Waals surface area contributed by atoms with Gasteiger partial charge in [0.05, 0.1) is 12.1 Å². The van der Waals surface area contributed by atoms with Gasteiger partial charge in [0.2, 0.25) is 0 Å². The summed E-state index contributed by atoms with van der Waals surface area (Å²) in [6.45, 7) is 8.25. The van der Waals surface area contributed by atoms with Gasteiger partial charge in [-0.3, -0.25) is 4.90 Å². The number of aliphatic hydroxyl groups is 1.